The zero-order valence-corrected chi connectivity index (χ0v) is 6.87. The Labute approximate surface area is 67.2 Å². The third kappa shape index (κ3) is 2.02. The standard InChI is InChI=1S/C9H12NO/c1-3-9(11-2)8-6-4-5-7-10-8/h4-7H,3H2,1-2H3. The van der Waals surface area contributed by atoms with E-state index in [4.69, 9.17) is 4.74 Å². The zero-order chi connectivity index (χ0) is 8.10. The zero-order valence-electron chi connectivity index (χ0n) is 6.87. The molecular formula is C9H12NO. The van der Waals surface area contributed by atoms with E-state index in [1.54, 1.807) is 13.3 Å². The van der Waals surface area contributed by atoms with Gasteiger partial charge in [0.2, 0.25) is 0 Å². The summed E-state index contributed by atoms with van der Waals surface area (Å²) in [6.07, 6.45) is 3.59. The Morgan fingerprint density at radius 1 is 1.55 bits per heavy atom. The Hall–Kier alpha value is -0.890. The van der Waals surface area contributed by atoms with Crippen LogP contribution in [0.15, 0.2) is 24.4 Å². The summed E-state index contributed by atoms with van der Waals surface area (Å²) in [6, 6.07) is 5.80. The van der Waals surface area contributed by atoms with E-state index in [0.717, 1.165) is 18.2 Å². The van der Waals surface area contributed by atoms with Crippen LogP contribution < -0.4 is 0 Å². The third-order valence-electron chi connectivity index (χ3n) is 1.52. The van der Waals surface area contributed by atoms with Gasteiger partial charge in [0.05, 0.1) is 5.69 Å². The van der Waals surface area contributed by atoms with E-state index < -0.39 is 0 Å². The number of hydrogen-bond donors (Lipinski definition) is 0. The molecule has 1 radical (unpaired) electrons. The van der Waals surface area contributed by atoms with Crippen LogP contribution in [0.3, 0.4) is 0 Å². The van der Waals surface area contributed by atoms with Gasteiger partial charge in [0.15, 0.2) is 0 Å². The van der Waals surface area contributed by atoms with Crippen LogP contribution in [0.2, 0.25) is 0 Å². The average molecular weight is 150 g/mol. The maximum Gasteiger partial charge on any atom is 0.144 e. The van der Waals surface area contributed by atoms with E-state index in [9.17, 15) is 0 Å². The van der Waals surface area contributed by atoms with Gasteiger partial charge in [0.1, 0.15) is 6.10 Å². The highest BCUT2D eigenvalue weighted by Crippen LogP contribution is 2.14. The summed E-state index contributed by atoms with van der Waals surface area (Å²) < 4.78 is 5.14. The first kappa shape index (κ1) is 8.21. The van der Waals surface area contributed by atoms with Crippen LogP contribution in [-0.4, -0.2) is 12.1 Å². The van der Waals surface area contributed by atoms with E-state index in [2.05, 4.69) is 4.98 Å². The topological polar surface area (TPSA) is 22.1 Å². The monoisotopic (exact) mass is 150 g/mol. The van der Waals surface area contributed by atoms with Crippen molar-refractivity contribution in [2.75, 3.05) is 7.11 Å². The van der Waals surface area contributed by atoms with Gasteiger partial charge in [0.25, 0.3) is 0 Å². The normalized spacial score (nSPS) is 10.5. The van der Waals surface area contributed by atoms with Crippen molar-refractivity contribution in [3.05, 3.63) is 36.2 Å². The van der Waals surface area contributed by atoms with Crippen molar-refractivity contribution in [2.24, 2.45) is 0 Å². The van der Waals surface area contributed by atoms with E-state index in [1.807, 2.05) is 25.1 Å². The largest absolute Gasteiger partial charge is 0.368 e. The molecule has 0 saturated heterocycles. The number of rotatable bonds is 3. The molecule has 1 aromatic heterocycles. The van der Waals surface area contributed by atoms with Crippen LogP contribution in [0.25, 0.3) is 0 Å². The maximum absolute atomic E-state index is 5.14. The molecular weight excluding hydrogens is 138 g/mol. The molecule has 0 unspecified atom stereocenters. The second kappa shape index (κ2) is 4.09. The predicted octanol–water partition coefficient (Wildman–Crippen LogP) is 2.02. The smallest absolute Gasteiger partial charge is 0.144 e. The van der Waals surface area contributed by atoms with E-state index >= 15 is 0 Å². The lowest BCUT2D eigenvalue weighted by molar-refractivity contribution is 0.218. The molecule has 1 heterocycles. The van der Waals surface area contributed by atoms with Crippen LogP contribution in [0.1, 0.15) is 19.0 Å². The molecule has 0 aromatic carbocycles. The minimum Gasteiger partial charge on any atom is -0.368 e. The summed E-state index contributed by atoms with van der Waals surface area (Å²) in [5.74, 6) is 0. The molecule has 1 aromatic rings. The predicted molar refractivity (Wildman–Crippen MR) is 43.9 cm³/mol. The van der Waals surface area contributed by atoms with Crippen molar-refractivity contribution in [3.8, 4) is 0 Å². The Morgan fingerprint density at radius 3 is 2.82 bits per heavy atom. The van der Waals surface area contributed by atoms with Crippen LogP contribution in [0.5, 0.6) is 0 Å². The summed E-state index contributed by atoms with van der Waals surface area (Å²) in [5, 5.41) is 0. The fourth-order valence-corrected chi connectivity index (χ4v) is 0.958. The van der Waals surface area contributed by atoms with Crippen molar-refractivity contribution >= 4 is 0 Å². The summed E-state index contributed by atoms with van der Waals surface area (Å²) in [6.45, 7) is 2.05. The third-order valence-corrected chi connectivity index (χ3v) is 1.52. The fraction of sp³-hybridized carbons (Fsp3) is 0.333. The molecule has 2 nitrogen and oxygen atoms in total. The summed E-state index contributed by atoms with van der Waals surface area (Å²) >= 11 is 0. The Balaban J connectivity index is 2.74. The number of pyridine rings is 1. The molecule has 0 saturated carbocycles. The molecule has 0 atom stereocenters. The lowest BCUT2D eigenvalue weighted by Crippen LogP contribution is -2.02. The molecule has 0 aliphatic heterocycles. The Morgan fingerprint density at radius 2 is 2.36 bits per heavy atom. The number of nitrogens with zero attached hydrogens (tertiary/aromatic N) is 1. The van der Waals surface area contributed by atoms with Gasteiger partial charge in [0, 0.05) is 13.3 Å². The molecule has 0 aliphatic rings. The number of aromatic nitrogens is 1. The molecule has 0 spiro atoms. The van der Waals surface area contributed by atoms with Gasteiger partial charge in [-0.2, -0.15) is 0 Å². The van der Waals surface area contributed by atoms with Gasteiger partial charge in [-0.3, -0.25) is 4.98 Å². The quantitative estimate of drug-likeness (QED) is 0.657. The second-order valence-electron chi connectivity index (χ2n) is 2.20. The maximum atomic E-state index is 5.14. The fourth-order valence-electron chi connectivity index (χ4n) is 0.958. The van der Waals surface area contributed by atoms with E-state index in [0.29, 0.717) is 0 Å². The molecule has 1 rings (SSSR count). The highest BCUT2D eigenvalue weighted by Gasteiger charge is 2.08. The van der Waals surface area contributed by atoms with Crippen molar-refractivity contribution < 1.29 is 4.74 Å². The van der Waals surface area contributed by atoms with Crippen molar-refractivity contribution in [2.45, 2.75) is 13.3 Å². The summed E-state index contributed by atoms with van der Waals surface area (Å²) in [5.41, 5.74) is 0.928. The molecule has 59 valence electrons. The van der Waals surface area contributed by atoms with Gasteiger partial charge in [-0.05, 0) is 18.6 Å². The van der Waals surface area contributed by atoms with Crippen molar-refractivity contribution in [3.63, 3.8) is 0 Å². The first-order chi connectivity index (χ1) is 5.38. The summed E-state index contributed by atoms with van der Waals surface area (Å²) in [4.78, 5) is 4.16. The second-order valence-corrected chi connectivity index (χ2v) is 2.20. The van der Waals surface area contributed by atoms with E-state index in [1.165, 1.54) is 0 Å². The molecule has 0 fully saturated rings. The Bertz CT molecular complexity index is 194. The number of ether oxygens (including phenoxy) is 1. The number of hydrogen-bond acceptors (Lipinski definition) is 2. The van der Waals surface area contributed by atoms with Gasteiger partial charge in [-0.25, -0.2) is 0 Å². The van der Waals surface area contributed by atoms with Gasteiger partial charge in [-0.1, -0.05) is 13.0 Å². The lowest BCUT2D eigenvalue weighted by atomic mass is 10.2. The first-order valence-electron chi connectivity index (χ1n) is 3.69. The van der Waals surface area contributed by atoms with Crippen molar-refractivity contribution in [1.29, 1.82) is 0 Å². The minimum atomic E-state index is 0.882. The molecule has 0 bridgehead atoms. The van der Waals surface area contributed by atoms with E-state index in [-0.39, 0.29) is 0 Å². The molecule has 2 heteroatoms. The molecule has 0 aliphatic carbocycles. The first-order valence-corrected chi connectivity index (χ1v) is 3.69. The SMILES string of the molecule is CC[C](OC)c1ccccn1. The van der Waals surface area contributed by atoms with Gasteiger partial charge < -0.3 is 4.74 Å². The highest BCUT2D eigenvalue weighted by molar-refractivity contribution is 5.17. The average Bonchev–Trinajstić information content (AvgIpc) is 2.09. The van der Waals surface area contributed by atoms with Crippen LogP contribution >= 0.6 is 0 Å². The highest BCUT2D eigenvalue weighted by atomic mass is 16.5. The molecule has 11 heavy (non-hydrogen) atoms. The Kier molecular flexibility index (Phi) is 3.05. The summed E-state index contributed by atoms with van der Waals surface area (Å²) in [7, 11) is 1.67. The van der Waals surface area contributed by atoms with Crippen LogP contribution in [0.4, 0.5) is 0 Å². The van der Waals surface area contributed by atoms with Crippen LogP contribution in [-0.2, 0) is 4.74 Å². The van der Waals surface area contributed by atoms with Crippen molar-refractivity contribution in [1.82, 2.24) is 4.98 Å². The van der Waals surface area contributed by atoms with Crippen LogP contribution in [0, 0.1) is 6.10 Å². The number of methoxy groups -OCH3 is 1. The molecule has 0 N–H and O–H groups in total. The van der Waals surface area contributed by atoms with Gasteiger partial charge >= 0.3 is 0 Å². The minimum absolute atomic E-state index is 0.882. The molecule has 0 amide bonds. The van der Waals surface area contributed by atoms with Gasteiger partial charge in [-0.15, -0.1) is 0 Å². The lowest BCUT2D eigenvalue weighted by Gasteiger charge is -2.09.